The van der Waals surface area contributed by atoms with Crippen molar-refractivity contribution >= 4 is 38.5 Å². The molecule has 0 spiro atoms. The lowest BCUT2D eigenvalue weighted by Gasteiger charge is -2.10. The average Bonchev–Trinajstić information content (AvgIpc) is 2.08. The van der Waals surface area contributed by atoms with Crippen molar-refractivity contribution in [1.29, 1.82) is 0 Å². The fourth-order valence-electron chi connectivity index (χ4n) is 0.817. The van der Waals surface area contributed by atoms with Gasteiger partial charge in [-0.15, -0.1) is 0 Å². The molecule has 5 heteroatoms. The van der Waals surface area contributed by atoms with Crippen LogP contribution >= 0.6 is 38.5 Å². The van der Waals surface area contributed by atoms with Gasteiger partial charge in [-0.3, -0.25) is 0 Å². The van der Waals surface area contributed by atoms with E-state index >= 15 is 0 Å². The molecule has 12 heavy (non-hydrogen) atoms. The first kappa shape index (κ1) is 10.4. The number of aliphatic hydroxyl groups is 1. The maximum absolute atomic E-state index is 8.84. The smallest absolute Gasteiger partial charge is 0.119 e. The molecule has 0 saturated carbocycles. The van der Waals surface area contributed by atoms with Gasteiger partial charge in [-0.25, -0.2) is 4.98 Å². The number of hydrogen-bond acceptors (Lipinski definition) is 3. The molecule has 66 valence electrons. The Hall–Kier alpha value is 0.280. The number of aromatic nitrogens is 1. The monoisotopic (exact) mass is 342 g/mol. The van der Waals surface area contributed by atoms with E-state index in [1.165, 1.54) is 0 Å². The van der Waals surface area contributed by atoms with E-state index in [0.29, 0.717) is 0 Å². The van der Waals surface area contributed by atoms with Crippen LogP contribution in [0.3, 0.4) is 0 Å². The highest BCUT2D eigenvalue weighted by atomic mass is 127. The molecule has 1 rings (SSSR count). The second-order valence-electron chi connectivity index (χ2n) is 2.29. The van der Waals surface area contributed by atoms with E-state index < -0.39 is 0 Å². The zero-order valence-electron chi connectivity index (χ0n) is 6.17. The molecule has 3 nitrogen and oxygen atoms in total. The molecule has 0 aliphatic heterocycles. The number of rotatable bonds is 2. The van der Waals surface area contributed by atoms with Gasteiger partial charge in [-0.05, 0) is 50.2 Å². The van der Waals surface area contributed by atoms with Crippen LogP contribution in [0.25, 0.3) is 0 Å². The van der Waals surface area contributed by atoms with Crippen molar-refractivity contribution < 1.29 is 5.11 Å². The van der Waals surface area contributed by atoms with Gasteiger partial charge in [0.05, 0.1) is 16.2 Å². The summed E-state index contributed by atoms with van der Waals surface area (Å²) in [7, 11) is 0. The lowest BCUT2D eigenvalue weighted by atomic mass is 10.1. The highest BCUT2D eigenvalue weighted by molar-refractivity contribution is 14.1. The molecule has 0 fully saturated rings. The largest absolute Gasteiger partial charge is 0.394 e. The Morgan fingerprint density at radius 1 is 1.75 bits per heavy atom. The summed E-state index contributed by atoms with van der Waals surface area (Å²) < 4.78 is 1.72. The van der Waals surface area contributed by atoms with Crippen molar-refractivity contribution in [2.75, 3.05) is 6.61 Å². The van der Waals surface area contributed by atoms with E-state index in [1.54, 1.807) is 6.20 Å². The minimum atomic E-state index is -0.323. The van der Waals surface area contributed by atoms with Crippen LogP contribution in [-0.4, -0.2) is 16.7 Å². The molecule has 0 amide bonds. The van der Waals surface area contributed by atoms with Gasteiger partial charge in [0.1, 0.15) is 4.60 Å². The lowest BCUT2D eigenvalue weighted by molar-refractivity contribution is 0.267. The fraction of sp³-hybridized carbons (Fsp3) is 0.286. The molecule has 0 saturated heterocycles. The molecular weight excluding hydrogens is 335 g/mol. The predicted octanol–water partition coefficient (Wildman–Crippen LogP) is 1.44. The van der Waals surface area contributed by atoms with Crippen molar-refractivity contribution in [2.24, 2.45) is 5.73 Å². The number of hydrogen-bond donors (Lipinski definition) is 2. The van der Waals surface area contributed by atoms with Crippen molar-refractivity contribution in [3.63, 3.8) is 0 Å². The van der Waals surface area contributed by atoms with E-state index in [4.69, 9.17) is 10.8 Å². The Balaban J connectivity index is 3.07. The van der Waals surface area contributed by atoms with Crippen molar-refractivity contribution in [1.82, 2.24) is 4.98 Å². The highest BCUT2D eigenvalue weighted by Crippen LogP contribution is 2.23. The molecule has 3 N–H and O–H groups in total. The molecule has 0 bridgehead atoms. The van der Waals surface area contributed by atoms with Gasteiger partial charge in [-0.2, -0.15) is 0 Å². The quantitative estimate of drug-likeness (QED) is 0.631. The first-order valence-electron chi connectivity index (χ1n) is 3.33. The normalized spacial score (nSPS) is 13.0. The summed E-state index contributed by atoms with van der Waals surface area (Å²) in [6.45, 7) is -0.0492. The molecule has 1 atom stereocenters. The summed E-state index contributed by atoms with van der Waals surface area (Å²) in [5, 5.41) is 8.84. The van der Waals surface area contributed by atoms with E-state index in [9.17, 15) is 0 Å². The van der Waals surface area contributed by atoms with E-state index in [-0.39, 0.29) is 12.6 Å². The maximum atomic E-state index is 8.84. The topological polar surface area (TPSA) is 59.1 Å². The molecule has 0 radical (unpaired) electrons. The standard InChI is InChI=1S/C7H8BrIN2O/c8-7-6(9)4(1-2-11-7)5(10)3-12/h1-2,5,12H,3,10H2/t5-/m1/s1. The first-order valence-corrected chi connectivity index (χ1v) is 5.20. The third kappa shape index (κ3) is 2.15. The lowest BCUT2D eigenvalue weighted by Crippen LogP contribution is -2.16. The summed E-state index contributed by atoms with van der Waals surface area (Å²) >= 11 is 5.43. The minimum Gasteiger partial charge on any atom is -0.394 e. The second-order valence-corrected chi connectivity index (χ2v) is 4.12. The fourth-order valence-corrected chi connectivity index (χ4v) is 1.88. The third-order valence-electron chi connectivity index (χ3n) is 1.47. The number of aliphatic hydroxyl groups excluding tert-OH is 1. The van der Waals surface area contributed by atoms with E-state index in [2.05, 4.69) is 43.5 Å². The molecule has 0 aromatic carbocycles. The Bertz CT molecular complexity index is 282. The Kier molecular flexibility index (Phi) is 3.88. The van der Waals surface area contributed by atoms with Gasteiger partial charge in [0.15, 0.2) is 0 Å². The van der Waals surface area contributed by atoms with Crippen molar-refractivity contribution in [2.45, 2.75) is 6.04 Å². The maximum Gasteiger partial charge on any atom is 0.119 e. The zero-order chi connectivity index (χ0) is 9.14. The number of nitrogens with two attached hydrogens (primary N) is 1. The van der Waals surface area contributed by atoms with Gasteiger partial charge in [-0.1, -0.05) is 0 Å². The van der Waals surface area contributed by atoms with Crippen LogP contribution in [0.2, 0.25) is 0 Å². The SMILES string of the molecule is N[C@H](CO)c1ccnc(Br)c1I. The summed E-state index contributed by atoms with van der Waals surface area (Å²) in [5.74, 6) is 0. The zero-order valence-corrected chi connectivity index (χ0v) is 9.91. The third-order valence-corrected chi connectivity index (χ3v) is 3.95. The van der Waals surface area contributed by atoms with E-state index in [0.717, 1.165) is 13.7 Å². The summed E-state index contributed by atoms with van der Waals surface area (Å²) in [6, 6.07) is 1.49. The van der Waals surface area contributed by atoms with Crippen molar-refractivity contribution in [3.05, 3.63) is 26.0 Å². The van der Waals surface area contributed by atoms with E-state index in [1.807, 2.05) is 6.07 Å². The van der Waals surface area contributed by atoms with Crippen LogP contribution < -0.4 is 5.73 Å². The van der Waals surface area contributed by atoms with Gasteiger partial charge < -0.3 is 10.8 Å². The number of pyridine rings is 1. The Morgan fingerprint density at radius 3 is 3.00 bits per heavy atom. The van der Waals surface area contributed by atoms with Crippen LogP contribution in [-0.2, 0) is 0 Å². The van der Waals surface area contributed by atoms with Crippen LogP contribution in [0.4, 0.5) is 0 Å². The predicted molar refractivity (Wildman–Crippen MR) is 58.7 cm³/mol. The second kappa shape index (κ2) is 4.50. The molecule has 1 aromatic rings. The molecule has 1 aromatic heterocycles. The molecule has 0 unspecified atom stereocenters. The summed E-state index contributed by atoms with van der Waals surface area (Å²) in [4.78, 5) is 4.03. The van der Waals surface area contributed by atoms with Gasteiger partial charge in [0.25, 0.3) is 0 Å². The first-order chi connectivity index (χ1) is 5.66. The van der Waals surface area contributed by atoms with Crippen LogP contribution in [0.15, 0.2) is 16.9 Å². The van der Waals surface area contributed by atoms with Crippen LogP contribution in [0, 0.1) is 3.57 Å². The van der Waals surface area contributed by atoms with Crippen molar-refractivity contribution in [3.8, 4) is 0 Å². The molecular formula is C7H8BrIN2O. The Labute approximate surface area is 92.6 Å². The summed E-state index contributed by atoms with van der Waals surface area (Å²) in [5.41, 5.74) is 6.58. The van der Waals surface area contributed by atoms with Gasteiger partial charge in [0, 0.05) is 6.20 Å². The number of nitrogens with zero attached hydrogens (tertiary/aromatic N) is 1. The summed E-state index contributed by atoms with van der Waals surface area (Å²) in [6.07, 6.45) is 1.66. The molecule has 1 heterocycles. The molecule has 0 aliphatic rings. The van der Waals surface area contributed by atoms with Gasteiger partial charge in [0.2, 0.25) is 0 Å². The van der Waals surface area contributed by atoms with Gasteiger partial charge >= 0.3 is 0 Å². The number of halogens is 2. The highest BCUT2D eigenvalue weighted by Gasteiger charge is 2.10. The molecule has 0 aliphatic carbocycles. The minimum absolute atomic E-state index is 0.0492. The average molecular weight is 343 g/mol. The van der Waals surface area contributed by atoms with Crippen LogP contribution in [0.1, 0.15) is 11.6 Å². The van der Waals surface area contributed by atoms with Crippen LogP contribution in [0.5, 0.6) is 0 Å². The Morgan fingerprint density at radius 2 is 2.42 bits per heavy atom.